The van der Waals surface area contributed by atoms with E-state index in [4.69, 9.17) is 11.2 Å². The van der Waals surface area contributed by atoms with Gasteiger partial charge >= 0.3 is 12.1 Å². The summed E-state index contributed by atoms with van der Waals surface area (Å²) in [5.41, 5.74) is -1.74. The number of carbonyl (C=O) groups excluding carboxylic acids is 1. The molecule has 0 saturated heterocycles. The summed E-state index contributed by atoms with van der Waals surface area (Å²) >= 11 is 0. The zero-order chi connectivity index (χ0) is 25.5. The summed E-state index contributed by atoms with van der Waals surface area (Å²) < 4.78 is 46.9. The van der Waals surface area contributed by atoms with Gasteiger partial charge in [0.2, 0.25) is 0 Å². The first-order valence-corrected chi connectivity index (χ1v) is 12.4. The van der Waals surface area contributed by atoms with Crippen molar-refractivity contribution in [2.24, 2.45) is 0 Å². The molecule has 1 aromatic heterocycles. The van der Waals surface area contributed by atoms with E-state index >= 15 is 0 Å². The van der Waals surface area contributed by atoms with E-state index in [2.05, 4.69) is 30.2 Å². The second kappa shape index (κ2) is 8.85. The molecule has 1 atom stereocenters. The van der Waals surface area contributed by atoms with Crippen molar-refractivity contribution < 1.29 is 22.7 Å². The van der Waals surface area contributed by atoms with Crippen LogP contribution in [0.2, 0.25) is 0 Å². The number of hydrogen-bond acceptors (Lipinski definition) is 2. The van der Waals surface area contributed by atoms with Gasteiger partial charge in [0, 0.05) is 32.9 Å². The molecule has 0 fully saturated rings. The van der Waals surface area contributed by atoms with Crippen molar-refractivity contribution in [2.75, 3.05) is 0 Å². The molecule has 0 aliphatic rings. The fourth-order valence-corrected chi connectivity index (χ4v) is 6.68. The van der Waals surface area contributed by atoms with Crippen molar-refractivity contribution in [3.63, 3.8) is 0 Å². The predicted octanol–water partition coefficient (Wildman–Crippen LogP) is 8.46. The summed E-state index contributed by atoms with van der Waals surface area (Å²) in [7, 11) is -0.394. The number of carbonyl (C=O) groups is 1. The van der Waals surface area contributed by atoms with Crippen LogP contribution in [-0.4, -0.2) is 5.97 Å². The zero-order valence-corrected chi connectivity index (χ0v) is 20.0. The van der Waals surface area contributed by atoms with Crippen LogP contribution in [-0.2, 0) is 16.5 Å². The topological polar surface area (TPSA) is 26.3 Å². The number of fused-ring (bicyclic) bond motifs is 3. The number of rotatable bonds is 4. The van der Waals surface area contributed by atoms with E-state index in [0.29, 0.717) is 5.56 Å². The summed E-state index contributed by atoms with van der Waals surface area (Å²) in [4.78, 5) is 14.1. The average molecular weight is 502 g/mol. The van der Waals surface area contributed by atoms with Crippen molar-refractivity contribution >= 4 is 36.6 Å². The molecule has 5 rings (SSSR count). The molecular weight excluding hydrogens is 481 g/mol. The smallest absolute Gasteiger partial charge is 0.416 e. The molecule has 0 aliphatic carbocycles. The molecule has 6 heteroatoms. The van der Waals surface area contributed by atoms with Gasteiger partial charge in [-0.2, -0.15) is 13.2 Å². The first-order chi connectivity index (χ1) is 17.2. The van der Waals surface area contributed by atoms with Gasteiger partial charge in [0.15, 0.2) is 19.9 Å². The zero-order valence-electron chi connectivity index (χ0n) is 19.2. The van der Waals surface area contributed by atoms with E-state index < -0.39 is 33.8 Å². The molecule has 0 N–H and O–H groups in total. The Kier molecular flexibility index (Phi) is 5.82. The fourth-order valence-electron chi connectivity index (χ4n) is 4.25. The van der Waals surface area contributed by atoms with Crippen molar-refractivity contribution in [1.29, 1.82) is 0 Å². The van der Waals surface area contributed by atoms with Gasteiger partial charge in [0.25, 0.3) is 0 Å². The molecule has 4 aromatic carbocycles. The monoisotopic (exact) mass is 501 g/mol. The van der Waals surface area contributed by atoms with Crippen molar-refractivity contribution in [1.82, 2.24) is 0 Å². The van der Waals surface area contributed by atoms with Gasteiger partial charge in [0.05, 0.1) is 11.1 Å². The molecule has 36 heavy (non-hydrogen) atoms. The second-order valence-electron chi connectivity index (χ2n) is 8.47. The Bertz CT molecular complexity index is 1590. The maximum Gasteiger partial charge on any atom is 0.416 e. The van der Waals surface area contributed by atoms with E-state index in [1.165, 1.54) is 39.2 Å². The van der Waals surface area contributed by atoms with Crippen LogP contribution in [0.1, 0.15) is 28.4 Å². The lowest BCUT2D eigenvalue weighted by molar-refractivity contribution is -0.137. The molecule has 0 amide bonds. The number of terminal acetylenes is 1. The summed E-state index contributed by atoms with van der Waals surface area (Å²) in [6, 6.07) is 28.0. The molecule has 5 aromatic rings. The highest BCUT2D eigenvalue weighted by molar-refractivity contribution is 7.50. The minimum atomic E-state index is -4.47. The number of ether oxygens (including phenoxy) is 1. The number of alkyl halides is 3. The number of benzene rings is 4. The van der Waals surface area contributed by atoms with Gasteiger partial charge in [0.1, 0.15) is 0 Å². The molecule has 0 bridgehead atoms. The van der Waals surface area contributed by atoms with Crippen molar-refractivity contribution in [3.8, 4) is 17.2 Å². The van der Waals surface area contributed by atoms with Gasteiger partial charge < -0.3 is 4.74 Å². The van der Waals surface area contributed by atoms with Crippen LogP contribution >= 0.6 is 10.5 Å². The van der Waals surface area contributed by atoms with Crippen LogP contribution in [0.4, 0.5) is 13.2 Å². The first-order valence-electron chi connectivity index (χ1n) is 11.1. The third-order valence-corrected chi connectivity index (χ3v) is 8.46. The van der Waals surface area contributed by atoms with Crippen LogP contribution in [0.25, 0.3) is 25.1 Å². The number of thiophene rings is 1. The van der Waals surface area contributed by atoms with Gasteiger partial charge in [-0.25, -0.2) is 4.79 Å². The maximum absolute atomic E-state index is 13.2. The van der Waals surface area contributed by atoms with E-state index in [1.807, 2.05) is 30.3 Å². The van der Waals surface area contributed by atoms with Crippen LogP contribution in [0.3, 0.4) is 0 Å². The minimum Gasteiger partial charge on any atom is -0.438 e. The molecule has 178 valence electrons. The largest absolute Gasteiger partial charge is 0.438 e. The van der Waals surface area contributed by atoms with Crippen molar-refractivity contribution in [2.45, 2.75) is 18.7 Å². The van der Waals surface area contributed by atoms with Crippen LogP contribution in [0, 0.1) is 12.3 Å². The van der Waals surface area contributed by atoms with E-state index in [9.17, 15) is 18.0 Å². The molecular formula is C30H20F3O2S+. The van der Waals surface area contributed by atoms with E-state index in [-0.39, 0.29) is 5.56 Å². The molecule has 0 spiro atoms. The maximum atomic E-state index is 13.2. The second-order valence-corrected chi connectivity index (χ2v) is 10.4. The lowest BCUT2D eigenvalue weighted by atomic mass is 9.95. The first kappa shape index (κ1) is 23.7. The lowest BCUT2D eigenvalue weighted by Crippen LogP contribution is -2.27. The number of halogens is 3. The molecule has 1 heterocycles. The quantitative estimate of drug-likeness (QED) is 0.140. The lowest BCUT2D eigenvalue weighted by Gasteiger charge is -2.25. The standard InChI is InChI=1S/C30H20F3O2S/c1-3-29(2,21-15-17-22(18-16-21)30(31,32)33)35-28(34)20-9-8-10-23(19-20)36-26-13-6-4-11-24(26)25-12-5-7-14-27(25)36/h1,4-19H,2H3/q+1. The van der Waals surface area contributed by atoms with Crippen molar-refractivity contribution in [3.05, 3.63) is 114 Å². The highest BCUT2D eigenvalue weighted by Gasteiger charge is 2.34. The summed E-state index contributed by atoms with van der Waals surface area (Å²) in [6.07, 6.45) is 1.21. The molecule has 2 nitrogen and oxygen atoms in total. The van der Waals surface area contributed by atoms with Crippen LogP contribution in [0.5, 0.6) is 0 Å². The Morgan fingerprint density at radius 2 is 1.36 bits per heavy atom. The summed E-state index contributed by atoms with van der Waals surface area (Å²) in [6.45, 7) is 1.49. The Balaban J connectivity index is 1.51. The van der Waals surface area contributed by atoms with Crippen LogP contribution < -0.4 is 0 Å². The molecule has 0 radical (unpaired) electrons. The summed E-state index contributed by atoms with van der Waals surface area (Å²) in [5.74, 6) is 1.78. The Morgan fingerprint density at radius 3 is 1.92 bits per heavy atom. The minimum absolute atomic E-state index is 0.281. The van der Waals surface area contributed by atoms with Crippen LogP contribution in [0.15, 0.2) is 97.1 Å². The third kappa shape index (κ3) is 4.12. The Hall–Kier alpha value is -4.08. The number of hydrogen-bond donors (Lipinski definition) is 0. The highest BCUT2D eigenvalue weighted by Crippen LogP contribution is 2.48. The number of esters is 1. The predicted molar refractivity (Wildman–Crippen MR) is 138 cm³/mol. The summed E-state index contributed by atoms with van der Waals surface area (Å²) in [5, 5.41) is 2.35. The van der Waals surface area contributed by atoms with Gasteiger partial charge in [-0.15, -0.1) is 6.42 Å². The van der Waals surface area contributed by atoms with E-state index in [1.54, 1.807) is 18.2 Å². The van der Waals surface area contributed by atoms with Gasteiger partial charge in [-0.1, -0.05) is 48.4 Å². The van der Waals surface area contributed by atoms with Gasteiger partial charge in [-0.3, -0.25) is 0 Å². The molecule has 0 saturated carbocycles. The highest BCUT2D eigenvalue weighted by atomic mass is 32.2. The van der Waals surface area contributed by atoms with E-state index in [0.717, 1.165) is 17.0 Å². The Morgan fingerprint density at radius 1 is 0.806 bits per heavy atom. The molecule has 1 unspecified atom stereocenters. The third-order valence-electron chi connectivity index (χ3n) is 6.14. The average Bonchev–Trinajstić information content (AvgIpc) is 3.23. The normalized spacial score (nSPS) is 13.3. The SMILES string of the molecule is C#CC(C)(OC(=O)c1cccc(-[s+]2c3ccccc3c3ccccc32)c1)c1ccc(C(F)(F)F)cc1. The molecule has 0 aliphatic heterocycles. The van der Waals surface area contributed by atoms with Gasteiger partial charge in [-0.05, 0) is 55.5 Å². The Labute approximate surface area is 208 Å². The fraction of sp³-hybridized carbons (Fsp3) is 0.100.